The van der Waals surface area contributed by atoms with Crippen molar-refractivity contribution in [3.8, 4) is 0 Å². The summed E-state index contributed by atoms with van der Waals surface area (Å²) < 4.78 is 0. The van der Waals surface area contributed by atoms with Gasteiger partial charge in [-0.2, -0.15) is 0 Å². The van der Waals surface area contributed by atoms with Gasteiger partial charge >= 0.3 is 0 Å². The van der Waals surface area contributed by atoms with E-state index in [4.69, 9.17) is 5.73 Å². The Kier molecular flexibility index (Phi) is 2.93. The second-order valence-corrected chi connectivity index (χ2v) is 8.46. The van der Waals surface area contributed by atoms with Crippen LogP contribution in [0, 0.1) is 23.2 Å². The number of amides is 1. The van der Waals surface area contributed by atoms with E-state index in [9.17, 15) is 4.79 Å². The first kappa shape index (κ1) is 13.1. The number of hydrogen-bond acceptors (Lipinski definition) is 2. The number of rotatable bonds is 3. The molecule has 0 aromatic rings. The van der Waals surface area contributed by atoms with Gasteiger partial charge in [-0.1, -0.05) is 12.8 Å². The molecular weight excluding hydrogens is 248 g/mol. The fourth-order valence-electron chi connectivity index (χ4n) is 6.18. The minimum Gasteiger partial charge on any atom is -0.354 e. The predicted octanol–water partition coefficient (Wildman–Crippen LogP) is 2.59. The van der Waals surface area contributed by atoms with Gasteiger partial charge in [-0.05, 0) is 74.5 Å². The summed E-state index contributed by atoms with van der Waals surface area (Å²) in [5, 5.41) is 3.26. The highest BCUT2D eigenvalue weighted by Crippen LogP contribution is 2.59. The molecule has 0 saturated heterocycles. The smallest absolute Gasteiger partial charge is 0.240 e. The normalized spacial score (nSPS) is 44.8. The lowest BCUT2D eigenvalue weighted by atomic mass is 9.49. The molecule has 0 radical (unpaired) electrons. The first-order chi connectivity index (χ1) is 9.57. The van der Waals surface area contributed by atoms with Crippen molar-refractivity contribution in [3.05, 3.63) is 0 Å². The molecule has 1 amide bonds. The minimum absolute atomic E-state index is 0.130. The summed E-state index contributed by atoms with van der Waals surface area (Å²) in [6, 6.07) is 0. The summed E-state index contributed by atoms with van der Waals surface area (Å²) in [5.41, 5.74) is 6.14. The highest BCUT2D eigenvalue weighted by molar-refractivity contribution is 5.86. The van der Waals surface area contributed by atoms with Crippen molar-refractivity contribution in [1.29, 1.82) is 0 Å². The van der Waals surface area contributed by atoms with Crippen LogP contribution >= 0.6 is 0 Å². The summed E-state index contributed by atoms with van der Waals surface area (Å²) >= 11 is 0. The molecule has 0 atom stereocenters. The molecule has 0 aromatic carbocycles. The van der Waals surface area contributed by atoms with Crippen molar-refractivity contribution in [2.75, 3.05) is 6.54 Å². The van der Waals surface area contributed by atoms with Gasteiger partial charge in [0.15, 0.2) is 0 Å². The molecule has 0 aromatic heterocycles. The van der Waals surface area contributed by atoms with Gasteiger partial charge in [-0.25, -0.2) is 0 Å². The summed E-state index contributed by atoms with van der Waals surface area (Å²) in [5.74, 6) is 3.00. The van der Waals surface area contributed by atoms with Crippen molar-refractivity contribution >= 4 is 5.91 Å². The van der Waals surface area contributed by atoms with Crippen molar-refractivity contribution in [2.24, 2.45) is 28.9 Å². The third-order valence-electron chi connectivity index (χ3n) is 6.74. The van der Waals surface area contributed by atoms with Crippen LogP contribution in [-0.2, 0) is 4.79 Å². The Morgan fingerprint density at radius 1 is 1.00 bits per heavy atom. The molecular formula is C17H28N2O. The van der Waals surface area contributed by atoms with Crippen LogP contribution in [0.15, 0.2) is 0 Å². The van der Waals surface area contributed by atoms with E-state index in [2.05, 4.69) is 5.32 Å². The van der Waals surface area contributed by atoms with Gasteiger partial charge in [0, 0.05) is 6.54 Å². The third kappa shape index (κ3) is 2.09. The molecule has 5 fully saturated rings. The minimum atomic E-state index is -0.553. The molecule has 5 rings (SSSR count). The Hall–Kier alpha value is -0.570. The summed E-state index contributed by atoms with van der Waals surface area (Å²) in [4.78, 5) is 12.4. The Balaban J connectivity index is 1.41. The molecule has 112 valence electrons. The predicted molar refractivity (Wildman–Crippen MR) is 79.0 cm³/mol. The standard InChI is InChI=1S/C17H28N2O/c18-17(3-1-2-4-17)15(20)19-11-16-8-12-5-13(9-16)7-14(6-12)10-16/h12-14H,1-11,18H2,(H,19,20). The van der Waals surface area contributed by atoms with Crippen LogP contribution in [0.25, 0.3) is 0 Å². The molecule has 20 heavy (non-hydrogen) atoms. The SMILES string of the molecule is NC1(C(=O)NCC23CC4CC(CC(C4)C2)C3)CCCC1. The monoisotopic (exact) mass is 276 g/mol. The zero-order chi connectivity index (χ0) is 13.8. The largest absolute Gasteiger partial charge is 0.354 e. The van der Waals surface area contributed by atoms with Crippen molar-refractivity contribution < 1.29 is 4.79 Å². The van der Waals surface area contributed by atoms with Gasteiger partial charge < -0.3 is 11.1 Å². The highest BCUT2D eigenvalue weighted by atomic mass is 16.2. The zero-order valence-electron chi connectivity index (χ0n) is 12.5. The maximum absolute atomic E-state index is 12.4. The lowest BCUT2D eigenvalue weighted by molar-refractivity contribution is -0.128. The van der Waals surface area contributed by atoms with Crippen LogP contribution < -0.4 is 11.1 Å². The van der Waals surface area contributed by atoms with E-state index in [0.717, 1.165) is 50.0 Å². The van der Waals surface area contributed by atoms with Crippen LogP contribution in [0.1, 0.15) is 64.2 Å². The van der Waals surface area contributed by atoms with Crippen molar-refractivity contribution in [3.63, 3.8) is 0 Å². The molecule has 3 nitrogen and oxygen atoms in total. The maximum atomic E-state index is 12.4. The third-order valence-corrected chi connectivity index (χ3v) is 6.74. The van der Waals surface area contributed by atoms with E-state index in [1.807, 2.05) is 0 Å². The highest BCUT2D eigenvalue weighted by Gasteiger charge is 2.51. The van der Waals surface area contributed by atoms with Crippen LogP contribution in [0.5, 0.6) is 0 Å². The number of nitrogens with one attached hydrogen (secondary N) is 1. The molecule has 5 saturated carbocycles. The van der Waals surface area contributed by atoms with Crippen LogP contribution in [0.3, 0.4) is 0 Å². The molecule has 4 bridgehead atoms. The molecule has 0 aliphatic heterocycles. The van der Waals surface area contributed by atoms with Crippen LogP contribution in [-0.4, -0.2) is 18.0 Å². The fraction of sp³-hybridized carbons (Fsp3) is 0.941. The summed E-state index contributed by atoms with van der Waals surface area (Å²) in [7, 11) is 0. The first-order valence-electron chi connectivity index (χ1n) is 8.64. The Bertz CT molecular complexity index is 376. The zero-order valence-corrected chi connectivity index (χ0v) is 12.5. The Morgan fingerprint density at radius 2 is 1.50 bits per heavy atom. The van der Waals surface area contributed by atoms with Crippen LogP contribution in [0.4, 0.5) is 0 Å². The molecule has 0 spiro atoms. The van der Waals surface area contributed by atoms with E-state index < -0.39 is 5.54 Å². The van der Waals surface area contributed by atoms with Gasteiger partial charge in [0.1, 0.15) is 0 Å². The molecule has 0 unspecified atom stereocenters. The van der Waals surface area contributed by atoms with E-state index in [1.165, 1.54) is 38.5 Å². The maximum Gasteiger partial charge on any atom is 0.240 e. The van der Waals surface area contributed by atoms with Crippen molar-refractivity contribution in [1.82, 2.24) is 5.32 Å². The van der Waals surface area contributed by atoms with E-state index in [1.54, 1.807) is 0 Å². The van der Waals surface area contributed by atoms with Crippen LogP contribution in [0.2, 0.25) is 0 Å². The molecule has 0 heterocycles. The first-order valence-corrected chi connectivity index (χ1v) is 8.64. The van der Waals surface area contributed by atoms with Gasteiger partial charge in [-0.15, -0.1) is 0 Å². The van der Waals surface area contributed by atoms with Gasteiger partial charge in [0.2, 0.25) is 5.91 Å². The average molecular weight is 276 g/mol. The van der Waals surface area contributed by atoms with E-state index in [-0.39, 0.29) is 5.91 Å². The molecule has 5 aliphatic rings. The van der Waals surface area contributed by atoms with Crippen molar-refractivity contribution in [2.45, 2.75) is 69.7 Å². The average Bonchev–Trinajstić information content (AvgIpc) is 2.83. The fourth-order valence-corrected chi connectivity index (χ4v) is 6.18. The molecule has 5 aliphatic carbocycles. The van der Waals surface area contributed by atoms with E-state index in [0.29, 0.717) is 5.41 Å². The number of carbonyl (C=O) groups is 1. The van der Waals surface area contributed by atoms with E-state index >= 15 is 0 Å². The van der Waals surface area contributed by atoms with Gasteiger partial charge in [0.25, 0.3) is 0 Å². The van der Waals surface area contributed by atoms with Gasteiger partial charge in [-0.3, -0.25) is 4.79 Å². The summed E-state index contributed by atoms with van der Waals surface area (Å²) in [6.45, 7) is 0.897. The number of nitrogens with two attached hydrogens (primary N) is 1. The lowest BCUT2D eigenvalue weighted by Gasteiger charge is -2.57. The Morgan fingerprint density at radius 3 is 2.00 bits per heavy atom. The number of hydrogen-bond donors (Lipinski definition) is 2. The topological polar surface area (TPSA) is 55.1 Å². The second kappa shape index (κ2) is 4.46. The Labute approximate surface area is 122 Å². The van der Waals surface area contributed by atoms with Gasteiger partial charge in [0.05, 0.1) is 5.54 Å². The summed E-state index contributed by atoms with van der Waals surface area (Å²) in [6.07, 6.45) is 12.4. The quantitative estimate of drug-likeness (QED) is 0.832. The number of carbonyl (C=O) groups excluding carboxylic acids is 1. The molecule has 3 heteroatoms. The molecule has 3 N–H and O–H groups in total. The second-order valence-electron chi connectivity index (χ2n) is 8.46. The lowest BCUT2D eigenvalue weighted by Crippen LogP contribution is -2.56.